The largest absolute Gasteiger partial charge is 0.482 e. The molecule has 0 unspecified atom stereocenters. The van der Waals surface area contributed by atoms with E-state index < -0.39 is 12.6 Å². The van der Waals surface area contributed by atoms with Gasteiger partial charge in [0.05, 0.1) is 16.3 Å². The lowest BCUT2D eigenvalue weighted by Crippen LogP contribution is -2.28. The molecule has 0 saturated carbocycles. The van der Waals surface area contributed by atoms with Gasteiger partial charge in [0.15, 0.2) is 11.8 Å². The number of ether oxygens (including phenoxy) is 1. The lowest BCUT2D eigenvalue weighted by molar-refractivity contribution is -0.139. The molecule has 1 aliphatic heterocycles. The number of carboxylic acid groups (broad SMARTS) is 1. The van der Waals surface area contributed by atoms with Crippen LogP contribution in [0.5, 0.6) is 5.75 Å². The third-order valence-corrected chi connectivity index (χ3v) is 5.88. The van der Waals surface area contributed by atoms with Gasteiger partial charge in [-0.05, 0) is 71.9 Å². The second-order valence-corrected chi connectivity index (χ2v) is 8.74. The normalized spacial score (nSPS) is 15.9. The number of anilines is 1. The van der Waals surface area contributed by atoms with E-state index in [4.69, 9.17) is 33.0 Å². The van der Waals surface area contributed by atoms with E-state index in [1.165, 1.54) is 16.7 Å². The molecule has 0 bridgehead atoms. The number of aliphatic carboxylic acids is 1. The first-order chi connectivity index (χ1) is 15.9. The maximum absolute atomic E-state index is 13.3. The summed E-state index contributed by atoms with van der Waals surface area (Å²) in [7, 11) is 0. The molecule has 0 atom stereocenters. The molecule has 9 heteroatoms. The van der Waals surface area contributed by atoms with Gasteiger partial charge in [0.1, 0.15) is 5.75 Å². The van der Waals surface area contributed by atoms with Gasteiger partial charge < -0.3 is 9.84 Å². The second-order valence-electron chi connectivity index (χ2n) is 6.86. The van der Waals surface area contributed by atoms with Gasteiger partial charge in [-0.15, -0.1) is 0 Å². The smallest absolute Gasteiger partial charge is 0.341 e. The van der Waals surface area contributed by atoms with E-state index in [-0.39, 0.29) is 5.91 Å². The van der Waals surface area contributed by atoms with E-state index in [2.05, 4.69) is 4.99 Å². The highest BCUT2D eigenvalue weighted by Crippen LogP contribution is 2.38. The molecule has 0 spiro atoms. The van der Waals surface area contributed by atoms with E-state index >= 15 is 0 Å². The Morgan fingerprint density at radius 3 is 2.39 bits per heavy atom. The number of hydrogen-bond acceptors (Lipinski definition) is 5. The number of carbonyl (C=O) groups excluding carboxylic acids is 1. The van der Waals surface area contributed by atoms with E-state index in [1.54, 1.807) is 78.9 Å². The molecule has 1 amide bonds. The lowest BCUT2D eigenvalue weighted by Gasteiger charge is -2.16. The molecule has 33 heavy (non-hydrogen) atoms. The zero-order valence-corrected chi connectivity index (χ0v) is 19.3. The SMILES string of the molecule is O=C(O)COc1ccc(/C=C2\SC(=Nc3cccc(Cl)c3)N(c3cccc(Cl)c3)C2=O)cc1. The summed E-state index contributed by atoms with van der Waals surface area (Å²) in [6.45, 7) is -0.424. The number of amidine groups is 1. The summed E-state index contributed by atoms with van der Waals surface area (Å²) in [5, 5.41) is 10.2. The minimum absolute atomic E-state index is 0.241. The Kier molecular flexibility index (Phi) is 7.03. The fourth-order valence-electron chi connectivity index (χ4n) is 3.00. The van der Waals surface area contributed by atoms with Crippen molar-refractivity contribution in [2.45, 2.75) is 0 Å². The highest BCUT2D eigenvalue weighted by Gasteiger charge is 2.34. The summed E-state index contributed by atoms with van der Waals surface area (Å²) in [6.07, 6.45) is 1.74. The van der Waals surface area contributed by atoms with Crippen LogP contribution < -0.4 is 9.64 Å². The molecule has 1 aliphatic rings. The fraction of sp³-hybridized carbons (Fsp3) is 0.0417. The molecule has 0 aliphatic carbocycles. The van der Waals surface area contributed by atoms with Crippen molar-refractivity contribution in [3.05, 3.63) is 93.3 Å². The number of carbonyl (C=O) groups is 2. The van der Waals surface area contributed by atoms with Crippen LogP contribution in [0, 0.1) is 0 Å². The summed E-state index contributed by atoms with van der Waals surface area (Å²) in [5.74, 6) is -0.871. The Balaban J connectivity index is 1.67. The van der Waals surface area contributed by atoms with Crippen molar-refractivity contribution in [1.82, 2.24) is 0 Å². The number of aliphatic imine (C=N–C) groups is 1. The third-order valence-electron chi connectivity index (χ3n) is 4.45. The number of rotatable bonds is 6. The predicted octanol–water partition coefficient (Wildman–Crippen LogP) is 6.27. The van der Waals surface area contributed by atoms with Crippen LogP contribution in [0.25, 0.3) is 6.08 Å². The van der Waals surface area contributed by atoms with Crippen LogP contribution >= 0.6 is 35.0 Å². The van der Waals surface area contributed by atoms with Gasteiger partial charge >= 0.3 is 5.97 Å². The molecule has 166 valence electrons. The molecule has 1 saturated heterocycles. The van der Waals surface area contributed by atoms with Gasteiger partial charge in [0.25, 0.3) is 5.91 Å². The average Bonchev–Trinajstić information content (AvgIpc) is 3.07. The molecular formula is C24H16Cl2N2O4S. The van der Waals surface area contributed by atoms with Crippen molar-refractivity contribution < 1.29 is 19.4 Å². The number of amides is 1. The molecule has 1 N–H and O–H groups in total. The van der Waals surface area contributed by atoms with Crippen molar-refractivity contribution in [3.63, 3.8) is 0 Å². The lowest BCUT2D eigenvalue weighted by atomic mass is 10.2. The molecule has 0 radical (unpaired) electrons. The van der Waals surface area contributed by atoms with Crippen molar-refractivity contribution in [2.75, 3.05) is 11.5 Å². The van der Waals surface area contributed by atoms with Crippen molar-refractivity contribution in [2.24, 2.45) is 4.99 Å². The van der Waals surface area contributed by atoms with E-state index in [9.17, 15) is 9.59 Å². The van der Waals surface area contributed by atoms with E-state index in [1.807, 2.05) is 0 Å². The van der Waals surface area contributed by atoms with Crippen LogP contribution in [-0.2, 0) is 9.59 Å². The minimum atomic E-state index is -1.05. The van der Waals surface area contributed by atoms with Crippen LogP contribution in [0.2, 0.25) is 10.0 Å². The van der Waals surface area contributed by atoms with Crippen LogP contribution in [0.15, 0.2) is 82.7 Å². The van der Waals surface area contributed by atoms with Crippen LogP contribution in [-0.4, -0.2) is 28.8 Å². The zero-order chi connectivity index (χ0) is 23.4. The van der Waals surface area contributed by atoms with Crippen LogP contribution in [0.1, 0.15) is 5.56 Å². The number of hydrogen-bond donors (Lipinski definition) is 1. The summed E-state index contributed by atoms with van der Waals surface area (Å²) in [5.41, 5.74) is 1.97. The molecule has 3 aromatic rings. The van der Waals surface area contributed by atoms with Gasteiger partial charge in [0.2, 0.25) is 0 Å². The van der Waals surface area contributed by atoms with Crippen molar-refractivity contribution in [3.8, 4) is 5.75 Å². The quantitative estimate of drug-likeness (QED) is 0.405. The Hall–Kier alpha value is -3.26. The fourth-order valence-corrected chi connectivity index (χ4v) is 4.37. The maximum Gasteiger partial charge on any atom is 0.341 e. The Labute approximate surface area is 204 Å². The molecule has 6 nitrogen and oxygen atoms in total. The molecule has 3 aromatic carbocycles. The third kappa shape index (κ3) is 5.76. The molecule has 4 rings (SSSR count). The standard InChI is InChI=1S/C24H16Cl2N2O4S/c25-16-3-1-5-18(12-16)27-24-28(19-6-2-4-17(26)13-19)23(31)21(33-24)11-15-7-9-20(10-8-15)32-14-22(29)30/h1-13H,14H2,(H,29,30)/b21-11-,27-24?. The first-order valence-electron chi connectivity index (χ1n) is 9.67. The number of nitrogens with zero attached hydrogens (tertiary/aromatic N) is 2. The van der Waals surface area contributed by atoms with Crippen molar-refractivity contribution in [1.29, 1.82) is 0 Å². The van der Waals surface area contributed by atoms with Crippen LogP contribution in [0.3, 0.4) is 0 Å². The van der Waals surface area contributed by atoms with Crippen LogP contribution in [0.4, 0.5) is 11.4 Å². The number of halogens is 2. The molecule has 0 aromatic heterocycles. The summed E-state index contributed by atoms with van der Waals surface area (Å²) in [4.78, 5) is 30.6. The number of thioether (sulfide) groups is 1. The van der Waals surface area contributed by atoms with Gasteiger partial charge in [-0.25, -0.2) is 9.79 Å². The predicted molar refractivity (Wildman–Crippen MR) is 133 cm³/mol. The Morgan fingerprint density at radius 2 is 1.73 bits per heavy atom. The monoisotopic (exact) mass is 498 g/mol. The first-order valence-corrected chi connectivity index (χ1v) is 11.2. The maximum atomic E-state index is 13.3. The van der Waals surface area contributed by atoms with Gasteiger partial charge in [-0.2, -0.15) is 0 Å². The minimum Gasteiger partial charge on any atom is -0.482 e. The highest BCUT2D eigenvalue weighted by molar-refractivity contribution is 8.19. The van der Waals surface area contributed by atoms with Gasteiger partial charge in [-0.3, -0.25) is 9.69 Å². The van der Waals surface area contributed by atoms with Gasteiger partial charge in [0, 0.05) is 10.0 Å². The highest BCUT2D eigenvalue weighted by atomic mass is 35.5. The topological polar surface area (TPSA) is 79.2 Å². The average molecular weight is 499 g/mol. The van der Waals surface area contributed by atoms with Crippen molar-refractivity contribution >= 4 is 69.5 Å². The molecule has 1 fully saturated rings. The molecule has 1 heterocycles. The summed E-state index contributed by atoms with van der Waals surface area (Å²) in [6, 6.07) is 20.8. The molecular weight excluding hydrogens is 483 g/mol. The Morgan fingerprint density at radius 1 is 1.03 bits per heavy atom. The summed E-state index contributed by atoms with van der Waals surface area (Å²) >= 11 is 13.5. The zero-order valence-electron chi connectivity index (χ0n) is 16.9. The van der Waals surface area contributed by atoms with E-state index in [0.717, 1.165) is 5.56 Å². The second kappa shape index (κ2) is 10.1. The Bertz CT molecular complexity index is 1280. The number of carboxylic acids is 1. The van der Waals surface area contributed by atoms with E-state index in [0.29, 0.717) is 37.2 Å². The first kappa shape index (κ1) is 22.9. The summed E-state index contributed by atoms with van der Waals surface area (Å²) < 4.78 is 5.15. The number of benzene rings is 3. The van der Waals surface area contributed by atoms with Gasteiger partial charge in [-0.1, -0.05) is 47.5 Å².